The molecule has 2 saturated carbocycles. The summed E-state index contributed by atoms with van der Waals surface area (Å²) in [4.78, 5) is 14.5. The molecule has 1 aromatic rings. The maximum Gasteiger partial charge on any atom is 0.156 e. The SMILES string of the molecule is CC=C1CCO[C@]12CC[C@H]1[C@@H]3CCC4=CC(=O)CCC4=C3[C@@H](c3ccc(N(C)C)cc3)C[C@@]12C. The molecule has 1 aromatic carbocycles. The first-order valence-corrected chi connectivity index (χ1v) is 13.4. The molecule has 180 valence electrons. The number of rotatable bonds is 2. The Morgan fingerprint density at radius 2 is 1.85 bits per heavy atom. The summed E-state index contributed by atoms with van der Waals surface area (Å²) in [7, 11) is 4.22. The summed E-state index contributed by atoms with van der Waals surface area (Å²) < 4.78 is 6.77. The molecule has 0 aromatic heterocycles. The lowest BCUT2D eigenvalue weighted by molar-refractivity contribution is -0.114. The van der Waals surface area contributed by atoms with Gasteiger partial charge in [0, 0.05) is 37.5 Å². The van der Waals surface area contributed by atoms with Crippen LogP contribution in [0.2, 0.25) is 0 Å². The van der Waals surface area contributed by atoms with Gasteiger partial charge in [0.15, 0.2) is 5.78 Å². The average Bonchev–Trinajstić information content (AvgIpc) is 3.39. The van der Waals surface area contributed by atoms with Crippen molar-refractivity contribution in [2.75, 3.05) is 25.6 Å². The van der Waals surface area contributed by atoms with Crippen molar-refractivity contribution in [1.29, 1.82) is 0 Å². The molecular weight excluding hydrogens is 418 g/mol. The number of carbonyl (C=O) groups excluding carboxylic acids is 1. The van der Waals surface area contributed by atoms with Crippen LogP contribution in [0.5, 0.6) is 0 Å². The lowest BCUT2D eigenvalue weighted by Crippen LogP contribution is -2.52. The van der Waals surface area contributed by atoms with E-state index in [1.54, 1.807) is 16.7 Å². The summed E-state index contributed by atoms with van der Waals surface area (Å²) in [6.45, 7) is 5.66. The topological polar surface area (TPSA) is 29.5 Å². The summed E-state index contributed by atoms with van der Waals surface area (Å²) in [5, 5.41) is 0. The van der Waals surface area contributed by atoms with E-state index in [-0.39, 0.29) is 11.0 Å². The molecule has 3 heteroatoms. The first kappa shape index (κ1) is 22.3. The molecule has 5 atom stereocenters. The molecular formula is C31H39NO2. The van der Waals surface area contributed by atoms with Gasteiger partial charge in [0.05, 0.1) is 12.2 Å². The number of ketones is 1. The highest BCUT2D eigenvalue weighted by molar-refractivity contribution is 5.93. The van der Waals surface area contributed by atoms with Crippen molar-refractivity contribution in [2.24, 2.45) is 17.3 Å². The molecule has 1 spiro atoms. The van der Waals surface area contributed by atoms with Crippen LogP contribution in [0, 0.1) is 17.3 Å². The van der Waals surface area contributed by atoms with Crippen molar-refractivity contribution < 1.29 is 9.53 Å². The van der Waals surface area contributed by atoms with Crippen LogP contribution in [-0.4, -0.2) is 32.1 Å². The molecule has 3 fully saturated rings. The number of nitrogens with zero attached hydrogens (tertiary/aromatic N) is 1. The Balaban J connectivity index is 1.51. The quantitative estimate of drug-likeness (QED) is 0.460. The van der Waals surface area contributed by atoms with Crippen LogP contribution < -0.4 is 4.90 Å². The van der Waals surface area contributed by atoms with E-state index in [1.165, 1.54) is 36.1 Å². The Morgan fingerprint density at radius 3 is 2.59 bits per heavy atom. The molecule has 3 nitrogen and oxygen atoms in total. The molecule has 0 amide bonds. The van der Waals surface area contributed by atoms with Crippen LogP contribution in [0.4, 0.5) is 5.69 Å². The third-order valence-corrected chi connectivity index (χ3v) is 10.3. The van der Waals surface area contributed by atoms with Crippen LogP contribution in [0.1, 0.15) is 76.7 Å². The van der Waals surface area contributed by atoms with Crippen molar-refractivity contribution in [3.8, 4) is 0 Å². The average molecular weight is 458 g/mol. The summed E-state index contributed by atoms with van der Waals surface area (Å²) >= 11 is 0. The number of fused-ring (bicyclic) bond motifs is 5. The second kappa shape index (κ2) is 7.95. The maximum atomic E-state index is 12.3. The van der Waals surface area contributed by atoms with Crippen LogP contribution in [-0.2, 0) is 9.53 Å². The van der Waals surface area contributed by atoms with Crippen LogP contribution in [0.15, 0.2) is 58.7 Å². The number of carbonyl (C=O) groups is 1. The minimum atomic E-state index is -0.0803. The van der Waals surface area contributed by atoms with Gasteiger partial charge < -0.3 is 9.64 Å². The fourth-order valence-electron chi connectivity index (χ4n) is 8.72. The minimum Gasteiger partial charge on any atom is -0.378 e. The number of hydrogen-bond acceptors (Lipinski definition) is 3. The molecule has 0 radical (unpaired) electrons. The Morgan fingerprint density at radius 1 is 1.06 bits per heavy atom. The van der Waals surface area contributed by atoms with Gasteiger partial charge in [-0.25, -0.2) is 0 Å². The molecule has 34 heavy (non-hydrogen) atoms. The standard InChI is InChI=1S/C31H39NO2/c1-5-22-15-17-34-31(22)16-14-28-26-12-8-21-18-24(33)11-13-25(21)29(26)27(19-30(28,31)2)20-6-9-23(10-7-20)32(3)4/h5-7,9-10,18,26-28H,8,11-17,19H2,1-4H3/t26-,27+,28-,30-,31+/m0/s1. The first-order chi connectivity index (χ1) is 16.4. The predicted octanol–water partition coefficient (Wildman–Crippen LogP) is 6.76. The normalized spacial score (nSPS) is 38.1. The molecule has 1 aliphatic heterocycles. The van der Waals surface area contributed by atoms with Gasteiger partial charge in [-0.3, -0.25) is 4.79 Å². The van der Waals surface area contributed by atoms with Gasteiger partial charge >= 0.3 is 0 Å². The fourth-order valence-corrected chi connectivity index (χ4v) is 8.72. The zero-order chi connectivity index (χ0) is 23.7. The third-order valence-electron chi connectivity index (χ3n) is 10.3. The highest BCUT2D eigenvalue weighted by Crippen LogP contribution is 2.70. The van der Waals surface area contributed by atoms with Crippen molar-refractivity contribution in [3.05, 3.63) is 64.3 Å². The van der Waals surface area contributed by atoms with Crippen molar-refractivity contribution >= 4 is 11.5 Å². The van der Waals surface area contributed by atoms with Gasteiger partial charge in [-0.15, -0.1) is 0 Å². The van der Waals surface area contributed by atoms with E-state index in [4.69, 9.17) is 4.74 Å². The summed E-state index contributed by atoms with van der Waals surface area (Å²) in [5.41, 5.74) is 8.88. The molecule has 6 rings (SSSR count). The Labute approximate surface area is 204 Å². The zero-order valence-electron chi connectivity index (χ0n) is 21.3. The molecule has 1 heterocycles. The molecule has 5 aliphatic rings. The van der Waals surface area contributed by atoms with E-state index < -0.39 is 0 Å². The van der Waals surface area contributed by atoms with Crippen molar-refractivity contribution in [3.63, 3.8) is 0 Å². The van der Waals surface area contributed by atoms with Crippen molar-refractivity contribution in [2.45, 2.75) is 76.7 Å². The van der Waals surface area contributed by atoms with E-state index in [0.29, 0.717) is 30.0 Å². The van der Waals surface area contributed by atoms with E-state index in [0.717, 1.165) is 32.3 Å². The lowest BCUT2D eigenvalue weighted by atomic mass is 9.50. The summed E-state index contributed by atoms with van der Waals surface area (Å²) in [5.74, 6) is 2.01. The smallest absolute Gasteiger partial charge is 0.156 e. The Kier molecular flexibility index (Phi) is 5.22. The number of hydrogen-bond donors (Lipinski definition) is 0. The molecule has 0 N–H and O–H groups in total. The predicted molar refractivity (Wildman–Crippen MR) is 138 cm³/mol. The maximum absolute atomic E-state index is 12.3. The molecule has 0 unspecified atom stereocenters. The number of ether oxygens (including phenoxy) is 1. The largest absolute Gasteiger partial charge is 0.378 e. The van der Waals surface area contributed by atoms with Gasteiger partial charge in [-0.2, -0.15) is 0 Å². The molecule has 4 aliphatic carbocycles. The van der Waals surface area contributed by atoms with Gasteiger partial charge in [0.1, 0.15) is 0 Å². The molecule has 1 saturated heterocycles. The lowest BCUT2D eigenvalue weighted by Gasteiger charge is -2.55. The van der Waals surface area contributed by atoms with Gasteiger partial charge in [-0.05, 0) is 104 Å². The van der Waals surface area contributed by atoms with Crippen LogP contribution in [0.3, 0.4) is 0 Å². The monoisotopic (exact) mass is 457 g/mol. The number of anilines is 1. The third kappa shape index (κ3) is 3.02. The van der Waals surface area contributed by atoms with Crippen LogP contribution >= 0.6 is 0 Å². The van der Waals surface area contributed by atoms with E-state index in [9.17, 15) is 4.79 Å². The van der Waals surface area contributed by atoms with Gasteiger partial charge in [0.25, 0.3) is 0 Å². The fraction of sp³-hybridized carbons (Fsp3) is 0.581. The molecule has 0 bridgehead atoms. The summed E-state index contributed by atoms with van der Waals surface area (Å²) in [6, 6.07) is 9.30. The van der Waals surface area contributed by atoms with Crippen molar-refractivity contribution in [1.82, 2.24) is 0 Å². The second-order valence-electron chi connectivity index (χ2n) is 11.8. The highest BCUT2D eigenvalue weighted by atomic mass is 16.5. The van der Waals surface area contributed by atoms with Gasteiger partial charge in [0.2, 0.25) is 0 Å². The van der Waals surface area contributed by atoms with E-state index >= 15 is 0 Å². The Hall–Kier alpha value is -2.13. The van der Waals surface area contributed by atoms with E-state index in [1.807, 2.05) is 6.08 Å². The number of benzene rings is 1. The Bertz CT molecular complexity index is 1110. The van der Waals surface area contributed by atoms with E-state index in [2.05, 4.69) is 63.2 Å². The van der Waals surface area contributed by atoms with Gasteiger partial charge in [-0.1, -0.05) is 30.7 Å². The van der Waals surface area contributed by atoms with Crippen LogP contribution in [0.25, 0.3) is 0 Å². The summed E-state index contributed by atoms with van der Waals surface area (Å²) in [6.07, 6.45) is 12.9. The first-order valence-electron chi connectivity index (χ1n) is 13.4. The second-order valence-corrected chi connectivity index (χ2v) is 11.8. The zero-order valence-corrected chi connectivity index (χ0v) is 21.3. The highest BCUT2D eigenvalue weighted by Gasteiger charge is 2.66. The number of allylic oxidation sites excluding steroid dienone is 5. The minimum absolute atomic E-state index is 0.0803.